The first-order valence-corrected chi connectivity index (χ1v) is 9.47. The number of benzene rings is 1. The van der Waals surface area contributed by atoms with Crippen LogP contribution in [0.3, 0.4) is 0 Å². The smallest absolute Gasteiger partial charge is 0.315 e. The predicted octanol–water partition coefficient (Wildman–Crippen LogP) is 3.43. The average Bonchev–Trinajstić information content (AvgIpc) is 2.77. The van der Waals surface area contributed by atoms with Gasteiger partial charge in [-0.3, -0.25) is 4.79 Å². The largest absolute Gasteiger partial charge is 0.335 e. The normalized spacial score (nSPS) is 21.9. The van der Waals surface area contributed by atoms with Gasteiger partial charge in [-0.05, 0) is 49.9 Å². The molecule has 0 spiro atoms. The quantitative estimate of drug-likeness (QED) is 0.826. The minimum atomic E-state index is -0.133. The van der Waals surface area contributed by atoms with Crippen molar-refractivity contribution in [3.05, 3.63) is 29.3 Å². The van der Waals surface area contributed by atoms with Gasteiger partial charge in [0, 0.05) is 24.7 Å². The van der Waals surface area contributed by atoms with E-state index in [2.05, 4.69) is 24.5 Å². The van der Waals surface area contributed by atoms with Gasteiger partial charge in [-0.2, -0.15) is 0 Å². The van der Waals surface area contributed by atoms with Crippen molar-refractivity contribution in [2.24, 2.45) is 0 Å². The van der Waals surface area contributed by atoms with Gasteiger partial charge in [0.05, 0.1) is 6.04 Å². The molecule has 1 aliphatic heterocycles. The molecule has 1 saturated carbocycles. The summed E-state index contributed by atoms with van der Waals surface area (Å²) < 4.78 is 0. The molecule has 3 amide bonds. The summed E-state index contributed by atoms with van der Waals surface area (Å²) in [6, 6.07) is 6.08. The van der Waals surface area contributed by atoms with Crippen molar-refractivity contribution in [3.63, 3.8) is 0 Å². The van der Waals surface area contributed by atoms with E-state index in [4.69, 9.17) is 0 Å². The van der Waals surface area contributed by atoms with Crippen molar-refractivity contribution in [2.75, 3.05) is 11.4 Å². The van der Waals surface area contributed by atoms with Crippen LogP contribution in [-0.4, -0.2) is 30.6 Å². The van der Waals surface area contributed by atoms with Gasteiger partial charge >= 0.3 is 6.03 Å². The fourth-order valence-electron chi connectivity index (χ4n) is 3.78. The number of hydrogen-bond donors (Lipinski definition) is 2. The third kappa shape index (κ3) is 4.53. The van der Waals surface area contributed by atoms with Crippen LogP contribution in [0.15, 0.2) is 18.2 Å². The third-order valence-electron chi connectivity index (χ3n) is 5.45. The Hall–Kier alpha value is -2.04. The number of rotatable bonds is 3. The number of aryl methyl sites for hydroxylation is 2. The van der Waals surface area contributed by atoms with E-state index in [1.165, 1.54) is 36.8 Å². The maximum atomic E-state index is 12.4. The number of nitrogens with one attached hydrogen (secondary N) is 2. The topological polar surface area (TPSA) is 61.4 Å². The first-order valence-electron chi connectivity index (χ1n) is 9.47. The van der Waals surface area contributed by atoms with Crippen molar-refractivity contribution in [1.29, 1.82) is 0 Å². The van der Waals surface area contributed by atoms with Gasteiger partial charge in [0.25, 0.3) is 0 Å². The molecule has 1 aliphatic carbocycles. The molecule has 25 heavy (non-hydrogen) atoms. The molecule has 3 rings (SSSR count). The molecule has 0 aromatic heterocycles. The lowest BCUT2D eigenvalue weighted by Crippen LogP contribution is -2.47. The summed E-state index contributed by atoms with van der Waals surface area (Å²) >= 11 is 0. The summed E-state index contributed by atoms with van der Waals surface area (Å²) in [6.07, 6.45) is 7.40. The molecule has 2 fully saturated rings. The number of hydrogen-bond acceptors (Lipinski definition) is 2. The summed E-state index contributed by atoms with van der Waals surface area (Å²) in [7, 11) is 0. The van der Waals surface area contributed by atoms with E-state index in [0.717, 1.165) is 18.5 Å². The van der Waals surface area contributed by atoms with Crippen LogP contribution in [0.5, 0.6) is 0 Å². The maximum Gasteiger partial charge on any atom is 0.315 e. The number of carbonyl (C=O) groups is 2. The van der Waals surface area contributed by atoms with Crippen molar-refractivity contribution >= 4 is 17.6 Å². The average molecular weight is 343 g/mol. The highest BCUT2D eigenvalue weighted by Gasteiger charge is 2.32. The van der Waals surface area contributed by atoms with E-state index < -0.39 is 0 Å². The lowest BCUT2D eigenvalue weighted by molar-refractivity contribution is -0.117. The van der Waals surface area contributed by atoms with Crippen molar-refractivity contribution < 1.29 is 9.59 Å². The van der Waals surface area contributed by atoms with Gasteiger partial charge in [0.1, 0.15) is 0 Å². The number of carbonyl (C=O) groups excluding carboxylic acids is 2. The second-order valence-corrected chi connectivity index (χ2v) is 7.48. The molecular weight excluding hydrogens is 314 g/mol. The number of nitrogens with zero attached hydrogens (tertiary/aromatic N) is 1. The molecule has 5 heteroatoms. The van der Waals surface area contributed by atoms with E-state index in [9.17, 15) is 9.59 Å². The lowest BCUT2D eigenvalue weighted by Gasteiger charge is -2.20. The van der Waals surface area contributed by atoms with Crippen molar-refractivity contribution in [3.8, 4) is 0 Å². The van der Waals surface area contributed by atoms with Crippen LogP contribution < -0.4 is 15.5 Å². The minimum Gasteiger partial charge on any atom is -0.335 e. The molecule has 2 N–H and O–H groups in total. The molecule has 0 unspecified atom stereocenters. The second kappa shape index (κ2) is 7.89. The van der Waals surface area contributed by atoms with E-state index in [0.29, 0.717) is 13.0 Å². The van der Waals surface area contributed by atoms with Crippen LogP contribution >= 0.6 is 0 Å². The lowest BCUT2D eigenvalue weighted by atomic mass is 10.1. The Balaban J connectivity index is 1.54. The fourth-order valence-corrected chi connectivity index (χ4v) is 3.78. The first-order chi connectivity index (χ1) is 12.0. The fraction of sp³-hybridized carbons (Fsp3) is 0.600. The van der Waals surface area contributed by atoms with Crippen molar-refractivity contribution in [1.82, 2.24) is 10.6 Å². The van der Waals surface area contributed by atoms with E-state index >= 15 is 0 Å². The minimum absolute atomic E-state index is 0.0722. The van der Waals surface area contributed by atoms with Crippen LogP contribution in [0.4, 0.5) is 10.5 Å². The zero-order chi connectivity index (χ0) is 17.8. The molecule has 0 radical (unpaired) electrons. The molecule has 1 heterocycles. The molecule has 136 valence electrons. The van der Waals surface area contributed by atoms with Gasteiger partial charge < -0.3 is 15.5 Å². The van der Waals surface area contributed by atoms with Crippen LogP contribution in [0, 0.1) is 13.8 Å². The predicted molar refractivity (Wildman–Crippen MR) is 99.8 cm³/mol. The van der Waals surface area contributed by atoms with Gasteiger partial charge in [0.2, 0.25) is 5.91 Å². The number of anilines is 1. The second-order valence-electron chi connectivity index (χ2n) is 7.48. The Kier molecular flexibility index (Phi) is 5.61. The molecule has 1 saturated heterocycles. The van der Waals surface area contributed by atoms with Gasteiger partial charge in [-0.1, -0.05) is 31.7 Å². The Labute approximate surface area is 150 Å². The number of amides is 3. The van der Waals surface area contributed by atoms with Crippen LogP contribution in [0.25, 0.3) is 0 Å². The highest BCUT2D eigenvalue weighted by Crippen LogP contribution is 2.24. The zero-order valence-electron chi connectivity index (χ0n) is 15.3. The standard InChI is InChI=1S/C20H29N3O2/c1-14-9-10-18(11-15(14)2)23-13-17(12-19(23)24)22-20(25)21-16-7-5-3-4-6-8-16/h9-11,16-17H,3-8,12-13H2,1-2H3,(H2,21,22,25)/t17-/m0/s1. The molecular formula is C20H29N3O2. The Morgan fingerprint density at radius 2 is 1.68 bits per heavy atom. The van der Waals surface area contributed by atoms with Crippen LogP contribution in [0.1, 0.15) is 56.1 Å². The third-order valence-corrected chi connectivity index (χ3v) is 5.45. The van der Waals surface area contributed by atoms with Crippen LogP contribution in [-0.2, 0) is 4.79 Å². The van der Waals surface area contributed by atoms with E-state index in [-0.39, 0.29) is 24.0 Å². The Morgan fingerprint density at radius 3 is 2.36 bits per heavy atom. The molecule has 1 aromatic rings. The van der Waals surface area contributed by atoms with E-state index in [1.54, 1.807) is 4.90 Å². The molecule has 0 bridgehead atoms. The van der Waals surface area contributed by atoms with Gasteiger partial charge in [0.15, 0.2) is 0 Å². The van der Waals surface area contributed by atoms with Gasteiger partial charge in [-0.15, -0.1) is 0 Å². The van der Waals surface area contributed by atoms with E-state index in [1.807, 2.05) is 18.2 Å². The summed E-state index contributed by atoms with van der Waals surface area (Å²) in [6.45, 7) is 4.65. The first kappa shape index (κ1) is 17.8. The summed E-state index contributed by atoms with van der Waals surface area (Å²) in [5.41, 5.74) is 3.31. The highest BCUT2D eigenvalue weighted by molar-refractivity contribution is 5.96. The molecule has 1 atom stereocenters. The Bertz CT molecular complexity index is 636. The molecule has 1 aromatic carbocycles. The Morgan fingerprint density at radius 1 is 1.00 bits per heavy atom. The monoisotopic (exact) mass is 343 g/mol. The van der Waals surface area contributed by atoms with Crippen molar-refractivity contribution in [2.45, 2.75) is 70.9 Å². The summed E-state index contributed by atoms with van der Waals surface area (Å²) in [5, 5.41) is 6.08. The summed E-state index contributed by atoms with van der Waals surface area (Å²) in [4.78, 5) is 26.4. The summed E-state index contributed by atoms with van der Waals surface area (Å²) in [5.74, 6) is 0.0722. The molecule has 5 nitrogen and oxygen atoms in total. The van der Waals surface area contributed by atoms with Crippen LogP contribution in [0.2, 0.25) is 0 Å². The maximum absolute atomic E-state index is 12.4. The number of urea groups is 1. The van der Waals surface area contributed by atoms with Gasteiger partial charge in [-0.25, -0.2) is 4.79 Å². The zero-order valence-corrected chi connectivity index (χ0v) is 15.3. The molecule has 2 aliphatic rings. The SMILES string of the molecule is Cc1ccc(N2C[C@@H](NC(=O)NC3CCCCCC3)CC2=O)cc1C. The highest BCUT2D eigenvalue weighted by atomic mass is 16.2.